The molecule has 1 saturated carbocycles. The van der Waals surface area contributed by atoms with Crippen LogP contribution in [0.3, 0.4) is 0 Å². The molecule has 3 saturated heterocycles. The minimum Gasteiger partial charge on any atom is -0.376 e. The molecule has 4 aromatic carbocycles. The lowest BCUT2D eigenvalue weighted by Crippen LogP contribution is -2.59. The van der Waals surface area contributed by atoms with Crippen molar-refractivity contribution in [3.8, 4) is 45.1 Å². The average molecular weight is 1930 g/mol. The Morgan fingerprint density at radius 3 is 1.46 bits per heavy atom. The number of carbonyl (C=O) groups is 5. The molecule has 5 amide bonds. The van der Waals surface area contributed by atoms with Crippen molar-refractivity contribution in [3.05, 3.63) is 254 Å². The normalized spacial score (nSPS) is 17.8. The number of benzene rings is 4. The number of nitrogens with zero attached hydrogens (tertiary/aromatic N) is 18. The van der Waals surface area contributed by atoms with Crippen LogP contribution in [0.2, 0.25) is 15.1 Å². The fraction of sp³-hybridized carbons (Fsp3) is 0.337. The van der Waals surface area contributed by atoms with Gasteiger partial charge in [0.25, 0.3) is 0 Å². The van der Waals surface area contributed by atoms with Gasteiger partial charge < -0.3 is 49.5 Å². The van der Waals surface area contributed by atoms with E-state index in [4.69, 9.17) is 54.7 Å². The Morgan fingerprint density at radius 2 is 0.985 bits per heavy atom. The number of anilines is 7. The summed E-state index contributed by atoms with van der Waals surface area (Å²) >= 11 is 20.7. The van der Waals surface area contributed by atoms with Gasteiger partial charge in [0.1, 0.15) is 47.9 Å². The average Bonchev–Trinajstić information content (AvgIpc) is 1.11. The maximum absolute atomic E-state index is 15.8. The molecule has 6 atom stereocenters. The lowest BCUT2D eigenvalue weighted by atomic mass is 10.0. The second kappa shape index (κ2) is 40.4. The summed E-state index contributed by atoms with van der Waals surface area (Å²) in [7, 11) is 1.01. The molecular formula is C101H109Cl3F3N20O8P. The first-order valence-corrected chi connectivity index (χ1v) is 48.7. The molecule has 136 heavy (non-hydrogen) atoms. The summed E-state index contributed by atoms with van der Waals surface area (Å²) in [5, 5.41) is 7.65. The van der Waals surface area contributed by atoms with E-state index in [9.17, 15) is 42.5 Å². The van der Waals surface area contributed by atoms with Crippen molar-refractivity contribution in [1.82, 2.24) is 63.6 Å². The van der Waals surface area contributed by atoms with Crippen molar-refractivity contribution < 1.29 is 41.7 Å². The van der Waals surface area contributed by atoms with Crippen LogP contribution in [0.4, 0.5) is 53.4 Å². The number of pyridine rings is 5. The number of aromatic nitrogens is 9. The van der Waals surface area contributed by atoms with Crippen LogP contribution in [0.15, 0.2) is 193 Å². The van der Waals surface area contributed by atoms with Gasteiger partial charge >= 0.3 is 11.4 Å². The summed E-state index contributed by atoms with van der Waals surface area (Å²) in [5.74, 6) is -0.838. The van der Waals surface area contributed by atoms with E-state index < -0.39 is 36.0 Å². The summed E-state index contributed by atoms with van der Waals surface area (Å²) in [6, 6.07) is 30.0. The maximum atomic E-state index is 15.8. The number of rotatable bonds is 19. The van der Waals surface area contributed by atoms with Gasteiger partial charge in [0, 0.05) is 125 Å². The van der Waals surface area contributed by atoms with E-state index in [0.29, 0.717) is 124 Å². The standard InChI is InChI=1S/C36H40ClFN8O3.C34H37ClFN7O3.C31H32ClFN5O2P/c1-8-28(47)44-17-21(5)45(18-20(44)4)33-23-16-24(37)31(29-25(38)10-9-11-26(29)40-35(48)22-12-13-22)41-34(23)46(36(49)42-33)32-27(43(6)7)14-15-39-30(32)19(2)3;1-8-26(44)38-25-12-10-11-24(36)28(25)30-23(35)15-22-32(42-17-20(6)41(16-21(42)7)27(45)9-2)40-34(46)43(33(22)39-30)31-19(5)13-14-37-29(31)18(3)4;1-7-28(39)36-17-20(3)37(18-19(36)2)30-23-16-24(32)29(22-12-8-9-13-25(22)33)35-31(23)38(21(4)34-30)26-14-10-11-15-27(26)41(5,6)40/h8-11,14-16,19-22H,1,12-13,17-18H2,2-7H3,(H,40,48);9-15,18,20-21H,2,8,16-17H2,1,3-7H3,(H,38,44);7-16,19-20H,1,4,17-18H2,2-3,5-6H3. The highest BCUT2D eigenvalue weighted by Gasteiger charge is 2.42. The van der Waals surface area contributed by atoms with Crippen molar-refractivity contribution in [2.45, 2.75) is 150 Å². The molecule has 0 bridgehead atoms. The minimum absolute atomic E-state index is 0.000838. The number of nitrogens with one attached hydrogen (secondary N) is 2. The largest absolute Gasteiger partial charge is 0.376 e. The Hall–Kier alpha value is -13.2. The summed E-state index contributed by atoms with van der Waals surface area (Å²) in [5.41, 5.74) is 5.37. The van der Waals surface area contributed by atoms with E-state index in [-0.39, 0.29) is 161 Å². The van der Waals surface area contributed by atoms with Gasteiger partial charge in [0.2, 0.25) is 29.5 Å². The van der Waals surface area contributed by atoms with Gasteiger partial charge in [-0.05, 0) is 189 Å². The molecule has 28 nitrogen and oxygen atoms in total. The smallest absolute Gasteiger partial charge is 0.355 e. The quantitative estimate of drug-likeness (QED) is 0.0561. The number of para-hydroxylation sites is 1. The minimum atomic E-state index is -2.73. The van der Waals surface area contributed by atoms with E-state index in [0.717, 1.165) is 18.4 Å². The van der Waals surface area contributed by atoms with Crippen LogP contribution < -0.4 is 46.9 Å². The van der Waals surface area contributed by atoms with Crippen molar-refractivity contribution >= 4 is 145 Å². The van der Waals surface area contributed by atoms with E-state index in [1.807, 2.05) is 135 Å². The predicted octanol–water partition coefficient (Wildman–Crippen LogP) is 18.1. The van der Waals surface area contributed by atoms with Gasteiger partial charge in [-0.3, -0.25) is 38.8 Å². The zero-order valence-corrected chi connectivity index (χ0v) is 81.9. The van der Waals surface area contributed by atoms with Crippen molar-refractivity contribution in [2.75, 3.05) is 96.9 Å². The number of aliphatic imine (C=N–C) groups is 1. The number of fused-ring (bicyclic) bond motifs is 3. The third kappa shape index (κ3) is 19.5. The number of piperazine rings is 3. The van der Waals surface area contributed by atoms with Gasteiger partial charge in [0.05, 0.1) is 105 Å². The maximum Gasteiger partial charge on any atom is 0.355 e. The van der Waals surface area contributed by atoms with Gasteiger partial charge in [-0.15, -0.1) is 0 Å². The number of amides is 5. The fourth-order valence-electron chi connectivity index (χ4n) is 17.8. The Labute approximate surface area is 802 Å². The lowest BCUT2D eigenvalue weighted by Gasteiger charge is -2.46. The first-order valence-electron chi connectivity index (χ1n) is 45.0. The van der Waals surface area contributed by atoms with Gasteiger partial charge in [-0.1, -0.05) is 132 Å². The second-order valence-electron chi connectivity index (χ2n) is 35.9. The highest BCUT2D eigenvalue weighted by Crippen LogP contribution is 2.48. The molecule has 35 heteroatoms. The number of carbonyl (C=O) groups excluding carboxylic acids is 5. The topological polar surface area (TPSA) is 299 Å². The number of halogens is 6. The number of amidine groups is 1. The SMILES string of the molecule is C=CC(=O)N1CC(C)N(C2=NC(=C)N(c3ccccc3P(C)(C)=O)c3nc(-c4ccccc4F)c(Cl)cc32)CC1C.C=CC(=O)N1CC(C)N(c2nc(=O)n(-c3c(C)ccnc3C(C)C)c3nc(-c4c(F)cccc4NC(=O)CC)c(Cl)cc23)CC1C.C=CC(=O)N1CC(C)N(c2nc(=O)n(-c3c(N(C)C)ccnc3C(C)C)c3nc(-c4c(F)cccc4NC(=O)C4CC4)c(Cl)cc23)CC1C. The monoisotopic (exact) mass is 1920 g/mol. The molecule has 708 valence electrons. The van der Waals surface area contributed by atoms with E-state index in [1.54, 1.807) is 107 Å². The first kappa shape index (κ1) is 98.8. The van der Waals surface area contributed by atoms with Gasteiger partial charge in [-0.2, -0.15) is 9.97 Å². The predicted molar refractivity (Wildman–Crippen MR) is 536 cm³/mol. The van der Waals surface area contributed by atoms with Crippen LogP contribution in [-0.4, -0.2) is 202 Å². The summed E-state index contributed by atoms with van der Waals surface area (Å²) < 4.78 is 62.6. The molecule has 6 unspecified atom stereocenters. The number of hydrogen-bond donors (Lipinski definition) is 2. The zero-order valence-electron chi connectivity index (χ0n) is 78.8. The summed E-state index contributed by atoms with van der Waals surface area (Å²) in [6.45, 7) is 44.4. The van der Waals surface area contributed by atoms with Crippen molar-refractivity contribution in [2.24, 2.45) is 10.9 Å². The Kier molecular flexibility index (Phi) is 29.3. The van der Waals surface area contributed by atoms with E-state index in [1.165, 1.54) is 57.7 Å². The lowest BCUT2D eigenvalue weighted by molar-refractivity contribution is -0.131. The van der Waals surface area contributed by atoms with Crippen LogP contribution in [-0.2, 0) is 28.5 Å². The van der Waals surface area contributed by atoms with E-state index >= 15 is 8.78 Å². The molecule has 4 fully saturated rings. The van der Waals surface area contributed by atoms with Crippen LogP contribution in [0.5, 0.6) is 0 Å². The zero-order chi connectivity index (χ0) is 98.4. The molecular weight excluding hydrogens is 1820 g/mol. The Balaban J connectivity index is 0.000000164. The van der Waals surface area contributed by atoms with Crippen LogP contribution in [0.25, 0.3) is 67.2 Å². The van der Waals surface area contributed by atoms with Gasteiger partial charge in [-0.25, -0.2) is 51.8 Å². The Morgan fingerprint density at radius 1 is 0.537 bits per heavy atom. The molecule has 1 aliphatic carbocycles. The fourth-order valence-corrected chi connectivity index (χ4v) is 19.8. The molecule has 16 rings (SSSR count). The van der Waals surface area contributed by atoms with E-state index in [2.05, 4.69) is 61.8 Å². The third-order valence-electron chi connectivity index (χ3n) is 24.9. The molecule has 5 aliphatic rings. The summed E-state index contributed by atoms with van der Waals surface area (Å²) in [6.07, 6.45) is 9.04. The highest BCUT2D eigenvalue weighted by atomic mass is 35.5. The molecule has 11 heterocycles. The number of hydrogen-bond acceptors (Lipinski definition) is 21. The molecule has 7 aromatic heterocycles. The molecule has 0 spiro atoms. The number of aryl methyl sites for hydroxylation is 1. The molecule has 11 aromatic rings. The second-order valence-corrected chi connectivity index (χ2v) is 40.3. The Bertz CT molecular complexity index is 6870. The van der Waals surface area contributed by atoms with Crippen LogP contribution in [0, 0.1) is 30.3 Å². The van der Waals surface area contributed by atoms with Crippen LogP contribution in [0.1, 0.15) is 130 Å². The van der Waals surface area contributed by atoms with Crippen molar-refractivity contribution in [1.29, 1.82) is 0 Å². The third-order valence-corrected chi connectivity index (χ3v) is 27.3. The first-order chi connectivity index (χ1) is 64.6. The highest BCUT2D eigenvalue weighted by molar-refractivity contribution is 7.70. The van der Waals surface area contributed by atoms with Crippen molar-refractivity contribution in [3.63, 3.8) is 0 Å². The summed E-state index contributed by atoms with van der Waals surface area (Å²) in [4.78, 5) is 145. The molecule has 0 radical (unpaired) electrons. The van der Waals surface area contributed by atoms with Crippen LogP contribution >= 0.6 is 41.9 Å². The molecule has 4 aliphatic heterocycles. The van der Waals surface area contributed by atoms with Gasteiger partial charge in [0.15, 0.2) is 17.1 Å². The molecule has 2 N–H and O–H groups in total.